The lowest BCUT2D eigenvalue weighted by molar-refractivity contribution is 0.283. The third kappa shape index (κ3) is 3.09. The number of nitrogens with one attached hydrogen (secondary N) is 1. The Balaban J connectivity index is 1.76. The van der Waals surface area contributed by atoms with Crippen molar-refractivity contribution in [1.82, 2.24) is 10.2 Å². The van der Waals surface area contributed by atoms with Crippen LogP contribution in [-0.4, -0.2) is 31.1 Å². The largest absolute Gasteiger partial charge is 0.465 e. The van der Waals surface area contributed by atoms with Crippen LogP contribution in [0.3, 0.4) is 0 Å². The first-order valence-corrected chi connectivity index (χ1v) is 6.26. The van der Waals surface area contributed by atoms with Gasteiger partial charge in [-0.3, -0.25) is 4.90 Å². The van der Waals surface area contributed by atoms with Gasteiger partial charge in [0.2, 0.25) is 0 Å². The highest BCUT2D eigenvalue weighted by atomic mass is 16.3. The zero-order valence-electron chi connectivity index (χ0n) is 10.3. The van der Waals surface area contributed by atoms with Gasteiger partial charge in [-0.25, -0.2) is 0 Å². The maximum absolute atomic E-state index is 5.60. The molecule has 2 heterocycles. The fraction of sp³-hybridized carbons (Fsp3) is 0.692. The number of likely N-dealkylation sites (tertiary alicyclic amines) is 1. The molecule has 0 aromatic carbocycles. The summed E-state index contributed by atoms with van der Waals surface area (Å²) in [6.07, 6.45) is 1.31. The Bertz CT molecular complexity index is 321. The van der Waals surface area contributed by atoms with E-state index in [0.717, 1.165) is 37.1 Å². The van der Waals surface area contributed by atoms with Crippen molar-refractivity contribution in [2.75, 3.05) is 26.2 Å². The first kappa shape index (κ1) is 11.7. The van der Waals surface area contributed by atoms with E-state index in [2.05, 4.69) is 23.2 Å². The van der Waals surface area contributed by atoms with Crippen molar-refractivity contribution < 1.29 is 4.42 Å². The first-order chi connectivity index (χ1) is 7.78. The molecule has 1 saturated heterocycles. The number of furan rings is 1. The molecule has 16 heavy (non-hydrogen) atoms. The summed E-state index contributed by atoms with van der Waals surface area (Å²) < 4.78 is 5.60. The smallest absolute Gasteiger partial charge is 0.118 e. The molecule has 0 saturated carbocycles. The standard InChI is InChI=1S/C13H22N2O/c1-3-14-8-12-6-7-15(9-12)10-13-5-4-11(2)16-13/h4-5,12,14H,3,6-10H2,1-2H3. The third-order valence-corrected chi connectivity index (χ3v) is 3.23. The lowest BCUT2D eigenvalue weighted by atomic mass is 10.1. The van der Waals surface area contributed by atoms with Crippen molar-refractivity contribution >= 4 is 0 Å². The Morgan fingerprint density at radius 3 is 3.06 bits per heavy atom. The van der Waals surface area contributed by atoms with Gasteiger partial charge in [-0.2, -0.15) is 0 Å². The molecule has 1 aromatic heterocycles. The highest BCUT2D eigenvalue weighted by Crippen LogP contribution is 2.18. The van der Waals surface area contributed by atoms with E-state index in [-0.39, 0.29) is 0 Å². The summed E-state index contributed by atoms with van der Waals surface area (Å²) in [6, 6.07) is 4.13. The molecule has 1 aliphatic heterocycles. The van der Waals surface area contributed by atoms with Gasteiger partial charge in [-0.1, -0.05) is 6.92 Å². The minimum absolute atomic E-state index is 0.816. The molecule has 1 atom stereocenters. The van der Waals surface area contributed by atoms with Crippen molar-refractivity contribution in [2.45, 2.75) is 26.8 Å². The number of hydrogen-bond acceptors (Lipinski definition) is 3. The predicted molar refractivity (Wildman–Crippen MR) is 65.4 cm³/mol. The van der Waals surface area contributed by atoms with Crippen LogP contribution in [-0.2, 0) is 6.54 Å². The summed E-state index contributed by atoms with van der Waals surface area (Å²) in [5, 5.41) is 3.43. The molecule has 3 nitrogen and oxygen atoms in total. The lowest BCUT2D eigenvalue weighted by Gasteiger charge is -2.14. The van der Waals surface area contributed by atoms with E-state index in [9.17, 15) is 0 Å². The van der Waals surface area contributed by atoms with E-state index in [1.807, 2.05) is 13.0 Å². The van der Waals surface area contributed by atoms with Gasteiger partial charge in [0.05, 0.1) is 6.54 Å². The van der Waals surface area contributed by atoms with Gasteiger partial charge in [0, 0.05) is 6.54 Å². The Labute approximate surface area is 97.8 Å². The molecular weight excluding hydrogens is 200 g/mol. The van der Waals surface area contributed by atoms with Gasteiger partial charge in [0.1, 0.15) is 11.5 Å². The van der Waals surface area contributed by atoms with Crippen molar-refractivity contribution in [1.29, 1.82) is 0 Å². The summed E-state index contributed by atoms with van der Waals surface area (Å²) in [4.78, 5) is 2.49. The summed E-state index contributed by atoms with van der Waals surface area (Å²) in [7, 11) is 0. The molecule has 2 rings (SSSR count). The molecule has 0 radical (unpaired) electrons. The maximum Gasteiger partial charge on any atom is 0.118 e. The summed E-state index contributed by atoms with van der Waals surface area (Å²) in [5.74, 6) is 2.93. The van der Waals surface area contributed by atoms with Crippen LogP contribution in [0.5, 0.6) is 0 Å². The zero-order chi connectivity index (χ0) is 11.4. The molecule has 0 bridgehead atoms. The Morgan fingerprint density at radius 1 is 1.50 bits per heavy atom. The fourth-order valence-corrected chi connectivity index (χ4v) is 2.36. The molecule has 0 spiro atoms. The van der Waals surface area contributed by atoms with E-state index >= 15 is 0 Å². The monoisotopic (exact) mass is 222 g/mol. The normalized spacial score (nSPS) is 21.8. The molecule has 3 heteroatoms. The van der Waals surface area contributed by atoms with Crippen LogP contribution in [0.1, 0.15) is 24.9 Å². The van der Waals surface area contributed by atoms with Gasteiger partial charge in [-0.15, -0.1) is 0 Å². The summed E-state index contributed by atoms with van der Waals surface area (Å²) in [5.41, 5.74) is 0. The van der Waals surface area contributed by atoms with Crippen LogP contribution in [0.2, 0.25) is 0 Å². The third-order valence-electron chi connectivity index (χ3n) is 3.23. The van der Waals surface area contributed by atoms with Crippen LogP contribution in [0, 0.1) is 12.8 Å². The predicted octanol–water partition coefficient (Wildman–Crippen LogP) is 2.02. The van der Waals surface area contributed by atoms with Crippen LogP contribution >= 0.6 is 0 Å². The fourth-order valence-electron chi connectivity index (χ4n) is 2.36. The average molecular weight is 222 g/mol. The van der Waals surface area contributed by atoms with Gasteiger partial charge in [-0.05, 0) is 51.0 Å². The molecule has 1 aromatic rings. The van der Waals surface area contributed by atoms with Crippen molar-refractivity contribution in [2.24, 2.45) is 5.92 Å². The topological polar surface area (TPSA) is 28.4 Å². The minimum Gasteiger partial charge on any atom is -0.465 e. The number of rotatable bonds is 5. The Hall–Kier alpha value is -0.800. The van der Waals surface area contributed by atoms with E-state index in [1.54, 1.807) is 0 Å². The summed E-state index contributed by atoms with van der Waals surface area (Å²) in [6.45, 7) is 9.77. The van der Waals surface area contributed by atoms with Gasteiger partial charge >= 0.3 is 0 Å². The average Bonchev–Trinajstić information content (AvgIpc) is 2.86. The van der Waals surface area contributed by atoms with Crippen LogP contribution in [0.25, 0.3) is 0 Å². The second kappa shape index (κ2) is 5.51. The van der Waals surface area contributed by atoms with Crippen LogP contribution < -0.4 is 5.32 Å². The molecular formula is C13H22N2O. The van der Waals surface area contributed by atoms with E-state index < -0.39 is 0 Å². The molecule has 1 N–H and O–H groups in total. The number of aryl methyl sites for hydroxylation is 1. The second-order valence-electron chi connectivity index (χ2n) is 4.71. The molecule has 90 valence electrons. The molecule has 1 unspecified atom stereocenters. The van der Waals surface area contributed by atoms with Crippen LogP contribution in [0.4, 0.5) is 0 Å². The lowest BCUT2D eigenvalue weighted by Crippen LogP contribution is -2.26. The van der Waals surface area contributed by atoms with E-state index in [0.29, 0.717) is 0 Å². The maximum atomic E-state index is 5.60. The minimum atomic E-state index is 0.816. The highest BCUT2D eigenvalue weighted by molar-refractivity contribution is 5.05. The number of nitrogens with zero attached hydrogens (tertiary/aromatic N) is 1. The molecule has 0 aliphatic carbocycles. The molecule has 1 aliphatic rings. The Morgan fingerprint density at radius 2 is 2.38 bits per heavy atom. The highest BCUT2D eigenvalue weighted by Gasteiger charge is 2.22. The molecule has 1 fully saturated rings. The van der Waals surface area contributed by atoms with Crippen molar-refractivity contribution in [3.63, 3.8) is 0 Å². The van der Waals surface area contributed by atoms with Gasteiger partial charge in [0.25, 0.3) is 0 Å². The van der Waals surface area contributed by atoms with Gasteiger partial charge in [0.15, 0.2) is 0 Å². The SMILES string of the molecule is CCNCC1CCN(Cc2ccc(C)o2)C1. The zero-order valence-corrected chi connectivity index (χ0v) is 10.3. The summed E-state index contributed by atoms with van der Waals surface area (Å²) >= 11 is 0. The van der Waals surface area contributed by atoms with Crippen molar-refractivity contribution in [3.8, 4) is 0 Å². The van der Waals surface area contributed by atoms with E-state index in [1.165, 1.54) is 19.5 Å². The second-order valence-corrected chi connectivity index (χ2v) is 4.71. The van der Waals surface area contributed by atoms with Crippen molar-refractivity contribution in [3.05, 3.63) is 23.7 Å². The van der Waals surface area contributed by atoms with Gasteiger partial charge < -0.3 is 9.73 Å². The first-order valence-electron chi connectivity index (χ1n) is 6.26. The van der Waals surface area contributed by atoms with Crippen LogP contribution in [0.15, 0.2) is 16.5 Å². The Kier molecular flexibility index (Phi) is 4.02. The quantitative estimate of drug-likeness (QED) is 0.826. The number of hydrogen-bond donors (Lipinski definition) is 1. The van der Waals surface area contributed by atoms with E-state index in [4.69, 9.17) is 4.42 Å². The molecule has 0 amide bonds.